The van der Waals surface area contributed by atoms with Crippen molar-refractivity contribution in [1.29, 1.82) is 0 Å². The number of carboxylic acids is 2. The van der Waals surface area contributed by atoms with Gasteiger partial charge in [-0.3, -0.25) is 29.1 Å². The van der Waals surface area contributed by atoms with Gasteiger partial charge in [-0.1, -0.05) is 62.8 Å². The van der Waals surface area contributed by atoms with Gasteiger partial charge >= 0.3 is 24.1 Å². The number of ketones is 1. The summed E-state index contributed by atoms with van der Waals surface area (Å²) in [5, 5.41) is 31.3. The number of thioether (sulfide) groups is 1. The van der Waals surface area contributed by atoms with E-state index in [-0.39, 0.29) is 49.0 Å². The lowest BCUT2D eigenvalue weighted by Crippen LogP contribution is -2.43. The van der Waals surface area contributed by atoms with Gasteiger partial charge in [0.1, 0.15) is 11.8 Å². The van der Waals surface area contributed by atoms with Gasteiger partial charge in [-0.2, -0.15) is 16.9 Å². The number of anilines is 1. The number of unbranched alkanes of at least 4 members (excludes halogenated alkanes) is 3. The average Bonchev–Trinajstić information content (AvgIpc) is 3.78. The van der Waals surface area contributed by atoms with Crippen molar-refractivity contribution in [2.24, 2.45) is 0 Å². The van der Waals surface area contributed by atoms with Crippen molar-refractivity contribution in [1.82, 2.24) is 35.3 Å². The van der Waals surface area contributed by atoms with Crippen LogP contribution in [0.15, 0.2) is 90.1 Å². The lowest BCUT2D eigenvalue weighted by molar-refractivity contribution is -0.139. The van der Waals surface area contributed by atoms with E-state index in [2.05, 4.69) is 45.6 Å². The molecule has 1 aliphatic heterocycles. The quantitative estimate of drug-likeness (QED) is 0.0309. The maximum atomic E-state index is 13.9. The molecule has 1 atom stereocenters. The number of ether oxygens (including phenoxy) is 1. The Morgan fingerprint density at radius 1 is 0.843 bits per heavy atom. The number of pyridine rings is 2. The number of carboxylic acid groups (broad SMARTS) is 2. The third-order valence-corrected chi connectivity index (χ3v) is 13.6. The number of carbonyl (C=O) groups is 6. The third-order valence-electron chi connectivity index (χ3n) is 11.2. The number of amides is 4. The topological polar surface area (TPSA) is 252 Å². The number of nitrogens with one attached hydrogen (secondary N) is 3. The van der Waals surface area contributed by atoms with Crippen molar-refractivity contribution >= 4 is 72.2 Å². The summed E-state index contributed by atoms with van der Waals surface area (Å²) in [7, 11) is -1.23. The fourth-order valence-corrected chi connectivity index (χ4v) is 8.59. The second-order valence-electron chi connectivity index (χ2n) is 18.0. The molecule has 0 fully saturated rings. The van der Waals surface area contributed by atoms with Gasteiger partial charge < -0.3 is 35.8 Å². The van der Waals surface area contributed by atoms with Crippen molar-refractivity contribution in [3.8, 4) is 22.4 Å². The first kappa shape index (κ1) is 54.0. The van der Waals surface area contributed by atoms with E-state index < -0.39 is 32.1 Å². The van der Waals surface area contributed by atoms with Gasteiger partial charge in [-0.25, -0.2) is 19.1 Å². The number of aliphatic carboxylic acids is 2. The van der Waals surface area contributed by atoms with E-state index in [1.54, 1.807) is 29.7 Å². The van der Waals surface area contributed by atoms with E-state index in [0.29, 0.717) is 61.9 Å². The van der Waals surface area contributed by atoms with Crippen LogP contribution >= 0.6 is 11.8 Å². The largest absolute Gasteiger partial charge is 0.481 e. The van der Waals surface area contributed by atoms with Gasteiger partial charge in [0.2, 0.25) is 5.91 Å². The molecule has 6 rings (SSSR count). The summed E-state index contributed by atoms with van der Waals surface area (Å²) in [6, 6.07) is 20.5. The summed E-state index contributed by atoms with van der Waals surface area (Å²) < 4.78 is 6.47. The first-order valence-electron chi connectivity index (χ1n) is 23.2. The summed E-state index contributed by atoms with van der Waals surface area (Å²) in [4.78, 5) is 93.8. The third kappa shape index (κ3) is 17.2. The molecular weight excluding hydrogens is 933 g/mol. The molecule has 4 heterocycles. The zero-order valence-electron chi connectivity index (χ0n) is 40.1. The number of nitrogens with zero attached hydrogens (tertiary/aromatic N) is 5. The summed E-state index contributed by atoms with van der Waals surface area (Å²) in [6.07, 6.45) is 9.23. The number of Topliss-reactive ketones (excluding diaryl/α,β-unsaturated/α-hetero) is 1. The normalized spacial score (nSPS) is 12.3. The Hall–Kier alpha value is -6.93. The molecule has 5 aromatic rings. The van der Waals surface area contributed by atoms with E-state index in [4.69, 9.17) is 20.0 Å². The van der Waals surface area contributed by atoms with Crippen LogP contribution in [0.4, 0.5) is 15.3 Å². The van der Waals surface area contributed by atoms with Gasteiger partial charge in [0, 0.05) is 94.5 Å². The zero-order valence-corrected chi connectivity index (χ0v) is 41.9. The molecule has 0 saturated heterocycles. The number of carbonyl (C=O) groups excluding carboxylic acids is 4. The minimum absolute atomic E-state index is 0.0323. The van der Waals surface area contributed by atoms with Gasteiger partial charge in [-0.05, 0) is 78.2 Å². The highest BCUT2D eigenvalue weighted by atomic mass is 32.2. The fraction of sp³-hybridized carbons (Fsp3) is 0.400. The molecule has 3 aromatic heterocycles. The number of fused-ring (bicyclic) bond motifs is 2. The lowest BCUT2D eigenvalue weighted by Gasteiger charge is -2.17. The maximum Gasteiger partial charge on any atom is 0.407 e. The highest BCUT2D eigenvalue weighted by Crippen LogP contribution is 2.29. The van der Waals surface area contributed by atoms with E-state index in [9.17, 15) is 33.6 Å². The number of hydrogen-bond donors (Lipinski definition) is 5. The molecule has 0 saturated carbocycles. The molecule has 0 aliphatic carbocycles. The lowest BCUT2D eigenvalue weighted by atomic mass is 10.00. The first-order chi connectivity index (χ1) is 33.5. The molecule has 0 spiro atoms. The summed E-state index contributed by atoms with van der Waals surface area (Å²) >= 11 is 1.36. The van der Waals surface area contributed by atoms with Crippen molar-refractivity contribution < 1.29 is 43.7 Å². The smallest absolute Gasteiger partial charge is 0.407 e. The number of urea groups is 1. The van der Waals surface area contributed by atoms with Crippen LogP contribution in [0, 0.1) is 0 Å². The van der Waals surface area contributed by atoms with Gasteiger partial charge in [0.05, 0.1) is 29.8 Å². The van der Waals surface area contributed by atoms with Crippen LogP contribution in [0.2, 0.25) is 25.7 Å². The molecule has 0 unspecified atom stereocenters. The predicted molar refractivity (Wildman–Crippen MR) is 272 cm³/mol. The Kier molecular flexibility index (Phi) is 20.6. The molecule has 5 N–H and O–H groups in total. The number of hydrogen-bond acceptors (Lipinski definition) is 12. The predicted octanol–water partition coefficient (Wildman–Crippen LogP) is 7.83. The number of alkyl carbamates (subject to hydrolysis) is 1. The molecule has 372 valence electrons. The van der Waals surface area contributed by atoms with Crippen molar-refractivity contribution in [3.63, 3.8) is 0 Å². The second kappa shape index (κ2) is 26.7. The van der Waals surface area contributed by atoms with E-state index >= 15 is 0 Å². The minimum atomic E-state index is -1.23. The van der Waals surface area contributed by atoms with Crippen molar-refractivity contribution in [2.45, 2.75) is 103 Å². The van der Waals surface area contributed by atoms with Crippen LogP contribution in [0.1, 0.15) is 62.5 Å². The van der Waals surface area contributed by atoms with Gasteiger partial charge in [0.15, 0.2) is 0 Å². The second-order valence-corrected chi connectivity index (χ2v) is 24.5. The van der Waals surface area contributed by atoms with E-state index in [0.717, 1.165) is 58.5 Å². The Morgan fingerprint density at radius 2 is 1.59 bits per heavy atom. The Labute approximate surface area is 412 Å². The summed E-state index contributed by atoms with van der Waals surface area (Å²) in [5.74, 6) is -2.21. The van der Waals surface area contributed by atoms with Crippen LogP contribution in [0.5, 0.6) is 0 Å². The molecular formula is C50H62N8O10SSi. The maximum absolute atomic E-state index is 13.9. The van der Waals surface area contributed by atoms with E-state index in [1.165, 1.54) is 16.4 Å². The Balaban J connectivity index is 0.000000458. The van der Waals surface area contributed by atoms with Crippen LogP contribution in [0.3, 0.4) is 0 Å². The molecule has 0 bridgehead atoms. The average molecular weight is 995 g/mol. The summed E-state index contributed by atoms with van der Waals surface area (Å²) in [5.41, 5.74) is 6.03. The fourth-order valence-electron chi connectivity index (χ4n) is 7.31. The SMILES string of the molecule is CSC[C@H](NC(=O)OCC[Si](C)(C)C)C(=O)O.O=C(O)CCC(=O)CCC(=O)NCCCCCCn1nc(-c2ccc(NC(=O)N3Cc4ccncc4C3)cc2)cc(-c2cccc3ncccc23)c1=O. The monoisotopic (exact) mass is 994 g/mol. The number of aromatic nitrogens is 4. The number of aryl methyl sites for hydroxylation is 1. The van der Waals surface area contributed by atoms with Crippen LogP contribution in [-0.2, 0) is 43.5 Å². The molecule has 18 nitrogen and oxygen atoms in total. The van der Waals surface area contributed by atoms with Crippen LogP contribution < -0.4 is 21.5 Å². The molecule has 20 heteroatoms. The minimum Gasteiger partial charge on any atom is -0.481 e. The van der Waals surface area contributed by atoms with Crippen molar-refractivity contribution in [3.05, 3.63) is 107 Å². The van der Waals surface area contributed by atoms with Gasteiger partial charge in [-0.15, -0.1) is 0 Å². The number of rotatable bonds is 23. The van der Waals surface area contributed by atoms with Gasteiger partial charge in [0.25, 0.3) is 5.56 Å². The molecule has 70 heavy (non-hydrogen) atoms. The first-order valence-corrected chi connectivity index (χ1v) is 28.3. The highest BCUT2D eigenvalue weighted by Gasteiger charge is 2.24. The zero-order chi connectivity index (χ0) is 50.6. The Morgan fingerprint density at radius 3 is 2.30 bits per heavy atom. The number of benzene rings is 2. The molecule has 1 aliphatic rings. The standard InChI is InChI=1S/C40H41N7O6.C10H21NO4SSi/c48-31(15-17-38(50)51)14-16-37(49)43-19-3-1-2-4-22-47-39(52)34(32-7-5-9-35-33(32)8-6-20-42-35)23-36(45-47)27-10-12-30(13-11-27)44-40(53)46-25-28-18-21-41-24-29(28)26-46;1-16-7-8(9(12)13)11-10(14)15-5-6-17(2,3)4/h5-13,18,20-21,23-24H,1-4,14-17,19,22,25-26H2,(H,43,49)(H,44,53)(H,50,51);8H,5-7H2,1-4H3,(H,11,14)(H,12,13)/t;8-/m.0/s1. The highest BCUT2D eigenvalue weighted by molar-refractivity contribution is 7.98. The van der Waals surface area contributed by atoms with E-state index in [1.807, 2.05) is 66.7 Å². The van der Waals surface area contributed by atoms with Crippen LogP contribution in [0.25, 0.3) is 33.3 Å². The summed E-state index contributed by atoms with van der Waals surface area (Å²) in [6.45, 7) is 8.80. The van der Waals surface area contributed by atoms with Crippen molar-refractivity contribution in [2.75, 3.05) is 30.5 Å². The van der Waals surface area contributed by atoms with Crippen LogP contribution in [-0.4, -0.2) is 110 Å². The Bertz CT molecular complexity index is 2650. The molecule has 4 amide bonds. The molecule has 2 aromatic carbocycles. The molecule has 0 radical (unpaired) electrons.